The Hall–Kier alpha value is -1.26. The summed E-state index contributed by atoms with van der Waals surface area (Å²) < 4.78 is 18.4. The number of halogens is 1. The summed E-state index contributed by atoms with van der Waals surface area (Å²) in [4.78, 5) is 14.6. The van der Waals surface area contributed by atoms with Crippen LogP contribution in [-0.4, -0.2) is 42.0 Å². The summed E-state index contributed by atoms with van der Waals surface area (Å²) in [5, 5.41) is 0. The molecule has 104 valence electrons. The first-order valence-electron chi connectivity index (χ1n) is 6.66. The van der Waals surface area contributed by atoms with Crippen molar-refractivity contribution in [3.63, 3.8) is 0 Å². The molecule has 1 saturated heterocycles. The average Bonchev–Trinajstić information content (AvgIpc) is 2.41. The van der Waals surface area contributed by atoms with Crippen LogP contribution < -0.4 is 0 Å². The fraction of sp³-hybridized carbons (Fsp3) is 0.533. The normalized spacial score (nSPS) is 26.1. The highest BCUT2D eigenvalue weighted by atomic mass is 19.1. The number of benzene rings is 1. The number of nitrogens with zero attached hydrogens (tertiary/aromatic N) is 1. The number of ketones is 1. The Balaban J connectivity index is 2.11. The summed E-state index contributed by atoms with van der Waals surface area (Å²) >= 11 is 0. The molecule has 0 aromatic heterocycles. The summed E-state index contributed by atoms with van der Waals surface area (Å²) in [5.41, 5.74) is 0.556. The summed E-state index contributed by atoms with van der Waals surface area (Å²) in [6, 6.07) is 5.74. The highest BCUT2D eigenvalue weighted by Crippen LogP contribution is 2.18. The highest BCUT2D eigenvalue weighted by Gasteiger charge is 2.31. The van der Waals surface area contributed by atoms with Crippen molar-refractivity contribution in [2.24, 2.45) is 0 Å². The van der Waals surface area contributed by atoms with Gasteiger partial charge in [-0.25, -0.2) is 4.39 Å². The third kappa shape index (κ3) is 3.19. The second kappa shape index (κ2) is 5.80. The molecule has 19 heavy (non-hydrogen) atoms. The van der Waals surface area contributed by atoms with Crippen LogP contribution >= 0.6 is 0 Å². The maximum absolute atomic E-state index is 12.9. The van der Waals surface area contributed by atoms with Gasteiger partial charge in [0.15, 0.2) is 5.78 Å². The molecular weight excluding hydrogens is 245 g/mol. The van der Waals surface area contributed by atoms with Gasteiger partial charge in [0.05, 0.1) is 18.8 Å². The SMILES string of the molecule is CC1CN(C(C)C(=O)c2ccc(F)cc2)C(C)CO1. The minimum Gasteiger partial charge on any atom is -0.376 e. The van der Waals surface area contributed by atoms with Crippen LogP contribution in [0.5, 0.6) is 0 Å². The summed E-state index contributed by atoms with van der Waals surface area (Å²) in [6.45, 7) is 7.35. The molecule has 3 unspecified atom stereocenters. The largest absolute Gasteiger partial charge is 0.376 e. The molecule has 0 spiro atoms. The van der Waals surface area contributed by atoms with E-state index >= 15 is 0 Å². The second-order valence-electron chi connectivity index (χ2n) is 5.24. The lowest BCUT2D eigenvalue weighted by atomic mass is 10.0. The molecule has 4 heteroatoms. The predicted molar refractivity (Wildman–Crippen MR) is 71.8 cm³/mol. The van der Waals surface area contributed by atoms with Gasteiger partial charge in [-0.05, 0) is 45.0 Å². The van der Waals surface area contributed by atoms with Gasteiger partial charge >= 0.3 is 0 Å². The molecule has 2 rings (SSSR count). The highest BCUT2D eigenvalue weighted by molar-refractivity contribution is 5.99. The molecule has 1 aliphatic heterocycles. The Morgan fingerprint density at radius 2 is 2.00 bits per heavy atom. The smallest absolute Gasteiger partial charge is 0.179 e. The molecular formula is C15H20FNO2. The fourth-order valence-electron chi connectivity index (χ4n) is 2.47. The maximum Gasteiger partial charge on any atom is 0.179 e. The zero-order chi connectivity index (χ0) is 14.0. The zero-order valence-electron chi connectivity index (χ0n) is 11.6. The van der Waals surface area contributed by atoms with Gasteiger partial charge in [0, 0.05) is 18.2 Å². The summed E-state index contributed by atoms with van der Waals surface area (Å²) in [5.74, 6) is -0.293. The lowest BCUT2D eigenvalue weighted by Gasteiger charge is -2.40. The Labute approximate surface area is 113 Å². The minimum atomic E-state index is -0.322. The van der Waals surface area contributed by atoms with Crippen molar-refractivity contribution in [3.8, 4) is 0 Å². The van der Waals surface area contributed by atoms with E-state index in [1.807, 2.05) is 13.8 Å². The average molecular weight is 265 g/mol. The number of rotatable bonds is 3. The molecule has 3 atom stereocenters. The van der Waals surface area contributed by atoms with Crippen LogP contribution in [-0.2, 0) is 4.74 Å². The van der Waals surface area contributed by atoms with Crippen molar-refractivity contribution in [1.29, 1.82) is 0 Å². The van der Waals surface area contributed by atoms with Crippen LogP contribution in [0.1, 0.15) is 31.1 Å². The predicted octanol–water partition coefficient (Wildman–Crippen LogP) is 2.51. The third-order valence-electron chi connectivity index (χ3n) is 3.66. The van der Waals surface area contributed by atoms with Crippen molar-refractivity contribution in [2.75, 3.05) is 13.2 Å². The number of Topliss-reactive ketones (excluding diaryl/α,β-unsaturated/α-hetero) is 1. The summed E-state index contributed by atoms with van der Waals surface area (Å²) in [7, 11) is 0. The van der Waals surface area contributed by atoms with E-state index in [2.05, 4.69) is 11.8 Å². The lowest BCUT2D eigenvalue weighted by molar-refractivity contribution is -0.0585. The van der Waals surface area contributed by atoms with Crippen LogP contribution in [0.25, 0.3) is 0 Å². The monoisotopic (exact) mass is 265 g/mol. The van der Waals surface area contributed by atoms with E-state index in [0.717, 1.165) is 6.54 Å². The van der Waals surface area contributed by atoms with E-state index in [4.69, 9.17) is 4.74 Å². The first kappa shape index (κ1) is 14.2. The van der Waals surface area contributed by atoms with Crippen molar-refractivity contribution >= 4 is 5.78 Å². The van der Waals surface area contributed by atoms with Gasteiger partial charge in [-0.3, -0.25) is 9.69 Å². The molecule has 0 aliphatic carbocycles. The van der Waals surface area contributed by atoms with Crippen LogP contribution in [0.4, 0.5) is 4.39 Å². The molecule has 0 amide bonds. The standard InChI is InChI=1S/C15H20FNO2/c1-10-9-19-11(2)8-17(10)12(3)15(18)13-4-6-14(16)7-5-13/h4-7,10-12H,8-9H2,1-3H3. The van der Waals surface area contributed by atoms with E-state index in [1.54, 1.807) is 12.1 Å². The number of hydrogen-bond donors (Lipinski definition) is 0. The summed E-state index contributed by atoms with van der Waals surface area (Å²) in [6.07, 6.45) is 0.139. The van der Waals surface area contributed by atoms with Crippen LogP contribution in [0.2, 0.25) is 0 Å². The molecule has 3 nitrogen and oxygen atoms in total. The zero-order valence-corrected chi connectivity index (χ0v) is 11.6. The van der Waals surface area contributed by atoms with Gasteiger partial charge in [0.2, 0.25) is 0 Å². The Bertz CT molecular complexity index is 446. The number of carbonyl (C=O) groups excluding carboxylic acids is 1. The van der Waals surface area contributed by atoms with Crippen molar-refractivity contribution in [2.45, 2.75) is 39.0 Å². The molecule has 1 aromatic carbocycles. The van der Waals surface area contributed by atoms with Crippen LogP contribution in [0, 0.1) is 5.82 Å². The number of hydrogen-bond acceptors (Lipinski definition) is 3. The van der Waals surface area contributed by atoms with Crippen LogP contribution in [0.15, 0.2) is 24.3 Å². The van der Waals surface area contributed by atoms with Gasteiger partial charge < -0.3 is 4.74 Å². The quantitative estimate of drug-likeness (QED) is 0.786. The van der Waals surface area contributed by atoms with E-state index in [1.165, 1.54) is 12.1 Å². The van der Waals surface area contributed by atoms with Gasteiger partial charge in [-0.2, -0.15) is 0 Å². The molecule has 0 saturated carbocycles. The van der Waals surface area contributed by atoms with Gasteiger partial charge in [0.1, 0.15) is 5.82 Å². The van der Waals surface area contributed by atoms with Crippen molar-refractivity contribution in [3.05, 3.63) is 35.6 Å². The topological polar surface area (TPSA) is 29.5 Å². The Morgan fingerprint density at radius 3 is 2.63 bits per heavy atom. The van der Waals surface area contributed by atoms with Crippen molar-refractivity contribution in [1.82, 2.24) is 4.90 Å². The maximum atomic E-state index is 12.9. The molecule has 0 N–H and O–H groups in total. The molecule has 1 aromatic rings. The second-order valence-corrected chi connectivity index (χ2v) is 5.24. The van der Waals surface area contributed by atoms with E-state index in [0.29, 0.717) is 12.2 Å². The molecule has 1 fully saturated rings. The number of carbonyl (C=O) groups is 1. The third-order valence-corrected chi connectivity index (χ3v) is 3.66. The first-order chi connectivity index (χ1) is 8.99. The molecule has 0 bridgehead atoms. The number of morpholine rings is 1. The molecule has 1 heterocycles. The van der Waals surface area contributed by atoms with E-state index in [9.17, 15) is 9.18 Å². The molecule has 0 radical (unpaired) electrons. The Morgan fingerprint density at radius 1 is 1.37 bits per heavy atom. The van der Waals surface area contributed by atoms with Gasteiger partial charge in [-0.1, -0.05) is 0 Å². The number of ether oxygens (including phenoxy) is 1. The van der Waals surface area contributed by atoms with Crippen molar-refractivity contribution < 1.29 is 13.9 Å². The molecule has 1 aliphatic rings. The Kier molecular flexibility index (Phi) is 4.32. The van der Waals surface area contributed by atoms with E-state index in [-0.39, 0.29) is 29.8 Å². The lowest BCUT2D eigenvalue weighted by Crippen LogP contribution is -2.53. The minimum absolute atomic E-state index is 0.0287. The van der Waals surface area contributed by atoms with Gasteiger partial charge in [-0.15, -0.1) is 0 Å². The first-order valence-corrected chi connectivity index (χ1v) is 6.66. The van der Waals surface area contributed by atoms with E-state index < -0.39 is 0 Å². The van der Waals surface area contributed by atoms with Crippen LogP contribution in [0.3, 0.4) is 0 Å². The van der Waals surface area contributed by atoms with Gasteiger partial charge in [0.25, 0.3) is 0 Å². The fourth-order valence-corrected chi connectivity index (χ4v) is 2.47.